The van der Waals surface area contributed by atoms with Crippen molar-refractivity contribution in [3.63, 3.8) is 0 Å². The van der Waals surface area contributed by atoms with Crippen molar-refractivity contribution in [1.82, 2.24) is 24.9 Å². The van der Waals surface area contributed by atoms with Gasteiger partial charge in [0.1, 0.15) is 24.0 Å². The first-order chi connectivity index (χ1) is 18.7. The Morgan fingerprint density at radius 2 is 1.18 bits per heavy atom. The van der Waals surface area contributed by atoms with Gasteiger partial charge in [0.2, 0.25) is 0 Å². The number of hydrazine groups is 1. The molecule has 200 valence electrons. The summed E-state index contributed by atoms with van der Waals surface area (Å²) in [6, 6.07) is 15.7. The number of halogens is 2. The van der Waals surface area contributed by atoms with E-state index in [9.17, 15) is 8.78 Å². The van der Waals surface area contributed by atoms with E-state index in [0.717, 1.165) is 58.9 Å². The van der Waals surface area contributed by atoms with Gasteiger partial charge in [-0.25, -0.2) is 28.8 Å². The maximum Gasteiger partial charge on any atom is 0.158 e. The van der Waals surface area contributed by atoms with Crippen molar-refractivity contribution in [1.29, 1.82) is 0 Å². The van der Waals surface area contributed by atoms with Crippen LogP contribution in [0.1, 0.15) is 11.9 Å². The molecule has 6 rings (SSSR count). The topological polar surface area (TPSA) is 51.2 Å². The van der Waals surface area contributed by atoms with E-state index in [1.807, 2.05) is 30.3 Å². The Kier molecular flexibility index (Phi) is 7.46. The monoisotopic (exact) mass is 521 g/mol. The summed E-state index contributed by atoms with van der Waals surface area (Å²) in [6.45, 7) is 7.48. The molecule has 0 radical (unpaired) electrons. The maximum atomic E-state index is 14.4. The van der Waals surface area contributed by atoms with Crippen molar-refractivity contribution >= 4 is 11.4 Å². The number of nitrogens with zero attached hydrogens (tertiary/aromatic N) is 7. The molecule has 3 aliphatic heterocycles. The van der Waals surface area contributed by atoms with Crippen LogP contribution < -0.4 is 9.80 Å². The molecule has 3 aliphatic rings. The van der Waals surface area contributed by atoms with Crippen LogP contribution in [0.4, 0.5) is 20.2 Å². The Bertz CT molecular complexity index is 1130. The van der Waals surface area contributed by atoms with Crippen LogP contribution in [0.25, 0.3) is 0 Å². The van der Waals surface area contributed by atoms with Crippen molar-refractivity contribution in [3.05, 3.63) is 84.4 Å². The molecule has 2 aromatic carbocycles. The van der Waals surface area contributed by atoms with Gasteiger partial charge in [0.05, 0.1) is 17.9 Å². The largest absolute Gasteiger partial charge is 0.367 e. The zero-order valence-electron chi connectivity index (χ0n) is 21.4. The summed E-state index contributed by atoms with van der Waals surface area (Å²) >= 11 is 0. The first-order valence-corrected chi connectivity index (χ1v) is 13.3. The summed E-state index contributed by atoms with van der Waals surface area (Å²) in [6.07, 6.45) is 3.11. The third kappa shape index (κ3) is 5.35. The van der Waals surface area contributed by atoms with E-state index in [1.165, 1.54) is 12.1 Å². The summed E-state index contributed by atoms with van der Waals surface area (Å²) in [4.78, 5) is 15.5. The van der Waals surface area contributed by atoms with Crippen LogP contribution in [0.2, 0.25) is 0 Å². The molecule has 0 aliphatic carbocycles. The quantitative estimate of drug-likeness (QED) is 0.508. The molecule has 3 aromatic rings. The Labute approximate surface area is 222 Å². The first kappa shape index (κ1) is 25.1. The molecule has 3 fully saturated rings. The number of morpholine rings is 1. The highest BCUT2D eigenvalue weighted by Crippen LogP contribution is 2.29. The number of piperazine rings is 2. The van der Waals surface area contributed by atoms with Gasteiger partial charge in [-0.2, -0.15) is 0 Å². The SMILES string of the molecule is Fc1ccccc1N1CCN(C2CN(N3CCN(c4ccccc4F)CC3)CC(c3ncccn3)O2)CC1. The van der Waals surface area contributed by atoms with Crippen LogP contribution in [-0.2, 0) is 4.74 Å². The molecular formula is C28H33F2N7O. The van der Waals surface area contributed by atoms with Gasteiger partial charge in [-0.15, -0.1) is 0 Å². The highest BCUT2D eigenvalue weighted by molar-refractivity contribution is 5.48. The van der Waals surface area contributed by atoms with Gasteiger partial charge < -0.3 is 14.5 Å². The Morgan fingerprint density at radius 3 is 1.76 bits per heavy atom. The van der Waals surface area contributed by atoms with E-state index in [0.29, 0.717) is 23.7 Å². The van der Waals surface area contributed by atoms with E-state index in [-0.39, 0.29) is 24.0 Å². The fourth-order valence-electron chi connectivity index (χ4n) is 5.66. The second-order valence-electron chi connectivity index (χ2n) is 9.92. The zero-order chi connectivity index (χ0) is 25.9. The van der Waals surface area contributed by atoms with Crippen molar-refractivity contribution < 1.29 is 13.5 Å². The fraction of sp³-hybridized carbons (Fsp3) is 0.429. The second kappa shape index (κ2) is 11.3. The van der Waals surface area contributed by atoms with E-state index < -0.39 is 0 Å². The molecule has 0 spiro atoms. The third-order valence-electron chi connectivity index (χ3n) is 7.70. The highest BCUT2D eigenvalue weighted by atomic mass is 19.1. The number of rotatable bonds is 5. The van der Waals surface area contributed by atoms with Gasteiger partial charge in [0.15, 0.2) is 5.82 Å². The van der Waals surface area contributed by atoms with Crippen LogP contribution in [0.5, 0.6) is 0 Å². The van der Waals surface area contributed by atoms with Gasteiger partial charge in [-0.1, -0.05) is 24.3 Å². The lowest BCUT2D eigenvalue weighted by Crippen LogP contribution is -2.62. The lowest BCUT2D eigenvalue weighted by molar-refractivity contribution is -0.205. The predicted molar refractivity (Wildman–Crippen MR) is 142 cm³/mol. The molecule has 1 aromatic heterocycles. The number of hydrogen-bond acceptors (Lipinski definition) is 8. The summed E-state index contributed by atoms with van der Waals surface area (Å²) in [5.74, 6) is 0.317. The number of ether oxygens (including phenoxy) is 1. The average molecular weight is 522 g/mol. The lowest BCUT2D eigenvalue weighted by Gasteiger charge is -2.49. The second-order valence-corrected chi connectivity index (χ2v) is 9.92. The zero-order valence-corrected chi connectivity index (χ0v) is 21.4. The first-order valence-electron chi connectivity index (χ1n) is 13.3. The Hall–Kier alpha value is -3.18. The van der Waals surface area contributed by atoms with Crippen LogP contribution in [0.15, 0.2) is 67.0 Å². The maximum absolute atomic E-state index is 14.4. The number of benzene rings is 2. The fourth-order valence-corrected chi connectivity index (χ4v) is 5.66. The van der Waals surface area contributed by atoms with Crippen molar-refractivity contribution in [2.45, 2.75) is 12.3 Å². The van der Waals surface area contributed by atoms with Crippen LogP contribution in [-0.4, -0.2) is 96.6 Å². The smallest absolute Gasteiger partial charge is 0.158 e. The Morgan fingerprint density at radius 1 is 0.632 bits per heavy atom. The van der Waals surface area contributed by atoms with Crippen molar-refractivity contribution in [3.8, 4) is 0 Å². The van der Waals surface area contributed by atoms with E-state index >= 15 is 0 Å². The summed E-state index contributed by atoms with van der Waals surface area (Å²) in [5, 5.41) is 4.72. The summed E-state index contributed by atoms with van der Waals surface area (Å²) < 4.78 is 35.3. The van der Waals surface area contributed by atoms with E-state index in [2.05, 4.69) is 34.7 Å². The molecule has 8 nitrogen and oxygen atoms in total. The number of anilines is 2. The summed E-state index contributed by atoms with van der Waals surface area (Å²) in [5.41, 5.74) is 1.32. The molecule has 2 unspecified atom stereocenters. The van der Waals surface area contributed by atoms with Gasteiger partial charge >= 0.3 is 0 Å². The normalized spacial score (nSPS) is 24.1. The standard InChI is InChI=1S/C28H33F2N7O/c29-22-6-1-3-8-24(22)33-12-14-35(15-13-33)27-21-37(20-26(38-27)28-31-10-5-11-32-28)36-18-16-34(17-19-36)25-9-4-2-7-23(25)30/h1-11,26-27H,12-21H2. The number of aromatic nitrogens is 2. The molecule has 0 N–H and O–H groups in total. The van der Waals surface area contributed by atoms with Gasteiger partial charge in [-0.05, 0) is 30.3 Å². The molecule has 3 saturated heterocycles. The van der Waals surface area contributed by atoms with Crippen LogP contribution in [0.3, 0.4) is 0 Å². The van der Waals surface area contributed by atoms with E-state index in [4.69, 9.17) is 4.74 Å². The Balaban J connectivity index is 1.14. The molecule has 0 bridgehead atoms. The predicted octanol–water partition coefficient (Wildman–Crippen LogP) is 3.01. The van der Waals surface area contributed by atoms with Crippen LogP contribution in [0, 0.1) is 11.6 Å². The molecule has 2 atom stereocenters. The number of para-hydroxylation sites is 2. The van der Waals surface area contributed by atoms with Gasteiger partial charge in [-0.3, -0.25) is 4.90 Å². The lowest BCUT2D eigenvalue weighted by atomic mass is 10.2. The highest BCUT2D eigenvalue weighted by Gasteiger charge is 2.38. The molecule has 0 saturated carbocycles. The average Bonchev–Trinajstić information content (AvgIpc) is 2.98. The minimum atomic E-state index is -0.260. The van der Waals surface area contributed by atoms with Crippen molar-refractivity contribution in [2.75, 3.05) is 75.2 Å². The van der Waals surface area contributed by atoms with Gasteiger partial charge in [0, 0.05) is 71.3 Å². The summed E-state index contributed by atoms with van der Waals surface area (Å²) in [7, 11) is 0. The minimum absolute atomic E-state index is 0.134. The molecule has 4 heterocycles. The van der Waals surface area contributed by atoms with Gasteiger partial charge in [0.25, 0.3) is 0 Å². The molecular weight excluding hydrogens is 488 g/mol. The van der Waals surface area contributed by atoms with Crippen LogP contribution >= 0.6 is 0 Å². The molecule has 0 amide bonds. The van der Waals surface area contributed by atoms with Crippen molar-refractivity contribution in [2.24, 2.45) is 0 Å². The molecule has 38 heavy (non-hydrogen) atoms. The molecule has 10 heteroatoms. The number of hydrogen-bond donors (Lipinski definition) is 0. The minimum Gasteiger partial charge on any atom is -0.367 e. The van der Waals surface area contributed by atoms with E-state index in [1.54, 1.807) is 24.5 Å². The third-order valence-corrected chi connectivity index (χ3v) is 7.70.